The Morgan fingerprint density at radius 2 is 1.12 bits per heavy atom. The Morgan fingerprint density at radius 1 is 0.589 bits per heavy atom. The second kappa shape index (κ2) is 14.9. The molecule has 0 radical (unpaired) electrons. The van der Waals surface area contributed by atoms with Crippen LogP contribution < -0.4 is 4.90 Å². The molecule has 0 aromatic heterocycles. The average molecular weight is 728 g/mol. The van der Waals surface area contributed by atoms with E-state index < -0.39 is 0 Å². The van der Waals surface area contributed by atoms with E-state index in [9.17, 15) is 0 Å². The molecule has 0 amide bonds. The molecule has 0 aliphatic carbocycles. The van der Waals surface area contributed by atoms with E-state index in [0.717, 1.165) is 38.6 Å². The van der Waals surface area contributed by atoms with Crippen LogP contribution in [0.5, 0.6) is 0 Å². The fourth-order valence-electron chi connectivity index (χ4n) is 10.0. The molecule has 9 rings (SSSR count). The van der Waals surface area contributed by atoms with Gasteiger partial charge >= 0.3 is 0 Å². The smallest absolute Gasteiger partial charge is 0.217 e. The minimum Gasteiger partial charge on any atom is -0.344 e. The number of benzene rings is 7. The second-order valence-corrected chi connectivity index (χ2v) is 16.1. The highest BCUT2D eigenvalue weighted by Gasteiger charge is 2.49. The minimum absolute atomic E-state index is 0.216. The molecule has 2 heteroatoms. The van der Waals surface area contributed by atoms with E-state index in [4.69, 9.17) is 0 Å². The van der Waals surface area contributed by atoms with Gasteiger partial charge in [0.1, 0.15) is 7.05 Å². The molecule has 2 heterocycles. The summed E-state index contributed by atoms with van der Waals surface area (Å²) in [6.07, 6.45) is 12.3. The average Bonchev–Trinajstić information content (AvgIpc) is 3.61. The lowest BCUT2D eigenvalue weighted by molar-refractivity contribution is -0.399. The van der Waals surface area contributed by atoms with E-state index in [1.165, 1.54) is 72.1 Å². The quantitative estimate of drug-likeness (QED) is 0.120. The van der Waals surface area contributed by atoms with Crippen LogP contribution in [0.25, 0.3) is 21.5 Å². The number of hydrogen-bond acceptors (Lipinski definition) is 1. The number of anilines is 1. The molecule has 1 atom stereocenters. The largest absolute Gasteiger partial charge is 0.344 e. The molecule has 0 N–H and O–H groups in total. The number of unbranched alkanes of at least 4 members (excludes halogenated alkanes) is 1. The lowest BCUT2D eigenvalue weighted by atomic mass is 9.69. The summed E-state index contributed by atoms with van der Waals surface area (Å²) in [4.78, 5) is 2.68. The summed E-state index contributed by atoms with van der Waals surface area (Å²) in [6.45, 7) is 5.74. The number of fused-ring (bicyclic) bond motifs is 6. The normalized spacial score (nSPS) is 18.1. The van der Waals surface area contributed by atoms with Crippen molar-refractivity contribution in [2.45, 2.75) is 56.8 Å². The van der Waals surface area contributed by atoms with Crippen molar-refractivity contribution in [2.24, 2.45) is 0 Å². The van der Waals surface area contributed by atoms with Gasteiger partial charge in [-0.25, -0.2) is 0 Å². The van der Waals surface area contributed by atoms with Gasteiger partial charge < -0.3 is 4.90 Å². The molecule has 0 saturated carbocycles. The van der Waals surface area contributed by atoms with Gasteiger partial charge in [-0.3, -0.25) is 0 Å². The van der Waals surface area contributed by atoms with Gasteiger partial charge in [-0.1, -0.05) is 171 Å². The van der Waals surface area contributed by atoms with E-state index in [1.54, 1.807) is 0 Å². The minimum atomic E-state index is -0.296. The van der Waals surface area contributed by atoms with E-state index >= 15 is 0 Å². The Kier molecular flexibility index (Phi) is 9.51. The monoisotopic (exact) mass is 727 g/mol. The number of rotatable bonds is 11. The summed E-state index contributed by atoms with van der Waals surface area (Å²) in [7, 11) is 2.27. The maximum atomic E-state index is 2.68. The lowest BCUT2D eigenvalue weighted by Gasteiger charge is -2.35. The van der Waals surface area contributed by atoms with Crippen LogP contribution in [0, 0.1) is 0 Å². The van der Waals surface area contributed by atoms with E-state index in [0.29, 0.717) is 0 Å². The molecule has 1 unspecified atom stereocenters. The van der Waals surface area contributed by atoms with Crippen molar-refractivity contribution in [3.8, 4) is 0 Å². The Hall–Kier alpha value is -5.99. The van der Waals surface area contributed by atoms with Crippen LogP contribution in [0.1, 0.15) is 54.5 Å². The summed E-state index contributed by atoms with van der Waals surface area (Å²) in [5.74, 6) is 0. The highest BCUT2D eigenvalue weighted by molar-refractivity contribution is 6.08. The van der Waals surface area contributed by atoms with Crippen LogP contribution in [0.3, 0.4) is 0 Å². The van der Waals surface area contributed by atoms with Gasteiger partial charge in [0.25, 0.3) is 0 Å². The first-order valence-corrected chi connectivity index (χ1v) is 20.4. The van der Waals surface area contributed by atoms with Gasteiger partial charge in [-0.15, -0.1) is 0 Å². The molecule has 56 heavy (non-hydrogen) atoms. The van der Waals surface area contributed by atoms with Crippen molar-refractivity contribution in [1.82, 2.24) is 0 Å². The van der Waals surface area contributed by atoms with Crippen LogP contribution in [-0.4, -0.2) is 23.9 Å². The molecule has 0 spiro atoms. The van der Waals surface area contributed by atoms with Gasteiger partial charge in [0.2, 0.25) is 5.69 Å². The third-order valence-corrected chi connectivity index (χ3v) is 12.6. The maximum absolute atomic E-state index is 2.68. The first-order chi connectivity index (χ1) is 27.5. The van der Waals surface area contributed by atoms with Gasteiger partial charge in [0.15, 0.2) is 5.71 Å². The van der Waals surface area contributed by atoms with Crippen molar-refractivity contribution in [3.63, 3.8) is 0 Å². The maximum Gasteiger partial charge on any atom is 0.217 e. The molecule has 7 aromatic rings. The van der Waals surface area contributed by atoms with Crippen LogP contribution in [0.4, 0.5) is 11.4 Å². The van der Waals surface area contributed by atoms with Crippen LogP contribution in [0.2, 0.25) is 0 Å². The SMILES string of the molecule is CCCCN1C(=CC=CC2=[N+](C)c3c(ccc4ccccc34)C2(C)Cc2ccccc2)C(Cc2ccccc2)(Cc2ccccc2)c2c1ccc1ccccc21. The fourth-order valence-corrected chi connectivity index (χ4v) is 10.0. The molecule has 0 fully saturated rings. The summed E-state index contributed by atoms with van der Waals surface area (Å²) in [5.41, 5.74) is 11.8. The molecule has 2 aliphatic rings. The van der Waals surface area contributed by atoms with Gasteiger partial charge in [-0.2, -0.15) is 4.58 Å². The number of nitrogens with zero attached hydrogens (tertiary/aromatic N) is 2. The first-order valence-electron chi connectivity index (χ1n) is 20.4. The van der Waals surface area contributed by atoms with E-state index in [2.05, 4.69) is 212 Å². The third-order valence-electron chi connectivity index (χ3n) is 12.6. The summed E-state index contributed by atoms with van der Waals surface area (Å²) in [5, 5.41) is 5.24. The van der Waals surface area contributed by atoms with Gasteiger partial charge in [0.05, 0.1) is 10.8 Å². The molecule has 2 aliphatic heterocycles. The first kappa shape index (κ1) is 35.7. The summed E-state index contributed by atoms with van der Waals surface area (Å²) in [6, 6.07) is 60.7. The zero-order valence-electron chi connectivity index (χ0n) is 33.0. The predicted molar refractivity (Wildman–Crippen MR) is 238 cm³/mol. The van der Waals surface area contributed by atoms with Crippen LogP contribution >= 0.6 is 0 Å². The van der Waals surface area contributed by atoms with Crippen molar-refractivity contribution < 1.29 is 4.58 Å². The van der Waals surface area contributed by atoms with Gasteiger partial charge in [-0.05, 0) is 89.2 Å². The molecular formula is C54H51N2+. The van der Waals surface area contributed by atoms with Crippen molar-refractivity contribution in [3.05, 3.63) is 216 Å². The summed E-state index contributed by atoms with van der Waals surface area (Å²) < 4.78 is 2.47. The number of allylic oxidation sites excluding steroid dienone is 4. The summed E-state index contributed by atoms with van der Waals surface area (Å²) >= 11 is 0. The number of hydrogen-bond donors (Lipinski definition) is 0. The van der Waals surface area contributed by atoms with Crippen LogP contribution in [-0.2, 0) is 30.1 Å². The van der Waals surface area contributed by atoms with Crippen molar-refractivity contribution in [1.29, 1.82) is 0 Å². The van der Waals surface area contributed by atoms with Crippen molar-refractivity contribution >= 4 is 38.6 Å². The molecule has 2 nitrogen and oxygen atoms in total. The molecular weight excluding hydrogens is 677 g/mol. The van der Waals surface area contributed by atoms with Gasteiger partial charge in [0, 0.05) is 35.0 Å². The van der Waals surface area contributed by atoms with Crippen molar-refractivity contribution in [2.75, 3.05) is 18.5 Å². The lowest BCUT2D eigenvalue weighted by Crippen LogP contribution is -2.36. The highest BCUT2D eigenvalue weighted by atomic mass is 15.2. The standard InChI is InChI=1S/C54H51N2/c1-4-5-36-56-48-35-33-43-26-15-17-28-45(43)51(48)54(38-41-22-11-7-12-23-41,39-42-24-13-8-14-25-42)50(56)31-19-30-49-53(2,37-40-20-9-6-10-21-40)47-34-32-44-27-16-18-29-46(44)52(47)55(49)3/h6-35H,4-5,36-39H2,1-3H3/q+1. The Morgan fingerprint density at radius 3 is 1.75 bits per heavy atom. The zero-order valence-corrected chi connectivity index (χ0v) is 33.0. The second-order valence-electron chi connectivity index (χ2n) is 16.1. The third kappa shape index (κ3) is 6.18. The molecule has 0 bridgehead atoms. The topological polar surface area (TPSA) is 6.25 Å². The molecule has 0 saturated heterocycles. The Bertz CT molecular complexity index is 2570. The Labute approximate surface area is 332 Å². The van der Waals surface area contributed by atoms with E-state index in [1.807, 2.05) is 0 Å². The zero-order chi connectivity index (χ0) is 38.1. The van der Waals surface area contributed by atoms with Crippen LogP contribution in [0.15, 0.2) is 188 Å². The molecule has 7 aromatic carbocycles. The molecule has 276 valence electrons. The van der Waals surface area contributed by atoms with E-state index in [-0.39, 0.29) is 10.8 Å². The fraction of sp³-hybridized carbons (Fsp3) is 0.204. The predicted octanol–water partition coefficient (Wildman–Crippen LogP) is 12.7. The Balaban J connectivity index is 1.26. The highest BCUT2D eigenvalue weighted by Crippen LogP contribution is 2.54.